The average molecular weight is 352 g/mol. The van der Waals surface area contributed by atoms with Crippen molar-refractivity contribution in [1.82, 2.24) is 0 Å². The van der Waals surface area contributed by atoms with Gasteiger partial charge < -0.3 is 10.1 Å². The first-order valence-electron chi connectivity index (χ1n) is 6.92. The van der Waals surface area contributed by atoms with Gasteiger partial charge in [-0.3, -0.25) is 9.59 Å². The summed E-state index contributed by atoms with van der Waals surface area (Å²) in [6.45, 7) is 0. The Morgan fingerprint density at radius 3 is 2.57 bits per heavy atom. The van der Waals surface area contributed by atoms with Crippen molar-refractivity contribution in [2.24, 2.45) is 0 Å². The molecule has 4 nitrogen and oxygen atoms in total. The SMILES string of the molecule is COc1cccc(C(=O)CCC(=O)Nc2ccc(Cl)cc2Cl)c1. The van der Waals surface area contributed by atoms with Gasteiger partial charge in [0.2, 0.25) is 5.91 Å². The van der Waals surface area contributed by atoms with Gasteiger partial charge in [0.1, 0.15) is 5.75 Å². The Labute approximate surface area is 144 Å². The van der Waals surface area contributed by atoms with E-state index in [1.165, 1.54) is 7.11 Å². The van der Waals surface area contributed by atoms with Crippen LogP contribution in [0.4, 0.5) is 5.69 Å². The van der Waals surface area contributed by atoms with Crippen LogP contribution in [-0.4, -0.2) is 18.8 Å². The summed E-state index contributed by atoms with van der Waals surface area (Å²) < 4.78 is 5.08. The minimum atomic E-state index is -0.287. The molecule has 0 aliphatic carbocycles. The Hall–Kier alpha value is -2.04. The number of Topliss-reactive ketones (excluding diaryl/α,β-unsaturated/α-hetero) is 1. The van der Waals surface area contributed by atoms with Gasteiger partial charge in [0.05, 0.1) is 17.8 Å². The summed E-state index contributed by atoms with van der Waals surface area (Å²) in [4.78, 5) is 24.0. The fraction of sp³-hybridized carbons (Fsp3) is 0.176. The minimum Gasteiger partial charge on any atom is -0.497 e. The summed E-state index contributed by atoms with van der Waals surface area (Å²) >= 11 is 11.8. The zero-order valence-corrected chi connectivity index (χ0v) is 13.9. The van der Waals surface area contributed by atoms with Crippen LogP contribution in [0.1, 0.15) is 23.2 Å². The zero-order chi connectivity index (χ0) is 16.8. The third-order valence-corrected chi connectivity index (χ3v) is 3.72. The van der Waals surface area contributed by atoms with Crippen molar-refractivity contribution in [3.05, 3.63) is 58.1 Å². The van der Waals surface area contributed by atoms with E-state index in [1.807, 2.05) is 0 Å². The summed E-state index contributed by atoms with van der Waals surface area (Å²) in [5.74, 6) is 0.194. The van der Waals surface area contributed by atoms with Crippen molar-refractivity contribution < 1.29 is 14.3 Å². The van der Waals surface area contributed by atoms with E-state index in [2.05, 4.69) is 5.32 Å². The third kappa shape index (κ3) is 4.98. The lowest BCUT2D eigenvalue weighted by Gasteiger charge is -2.07. The summed E-state index contributed by atoms with van der Waals surface area (Å²) in [6.07, 6.45) is 0.166. The summed E-state index contributed by atoms with van der Waals surface area (Å²) in [6, 6.07) is 11.6. The van der Waals surface area contributed by atoms with Gasteiger partial charge in [-0.05, 0) is 30.3 Å². The van der Waals surface area contributed by atoms with E-state index in [4.69, 9.17) is 27.9 Å². The monoisotopic (exact) mass is 351 g/mol. The molecule has 2 aromatic carbocycles. The lowest BCUT2D eigenvalue weighted by Crippen LogP contribution is -2.13. The predicted octanol–water partition coefficient (Wildman–Crippen LogP) is 4.60. The number of nitrogens with one attached hydrogen (secondary N) is 1. The van der Waals surface area contributed by atoms with Gasteiger partial charge in [0.25, 0.3) is 0 Å². The molecule has 0 spiro atoms. The maximum atomic E-state index is 12.1. The largest absolute Gasteiger partial charge is 0.497 e. The molecule has 2 aromatic rings. The van der Waals surface area contributed by atoms with Gasteiger partial charge in [-0.15, -0.1) is 0 Å². The number of carbonyl (C=O) groups excluding carboxylic acids is 2. The standard InChI is InChI=1S/C17H15Cl2NO3/c1-23-13-4-2-3-11(9-13)16(21)7-8-17(22)20-15-6-5-12(18)10-14(15)19/h2-6,9-10H,7-8H2,1H3,(H,20,22). The molecule has 0 heterocycles. The minimum absolute atomic E-state index is 0.0645. The molecule has 0 radical (unpaired) electrons. The Bertz CT molecular complexity index is 732. The summed E-state index contributed by atoms with van der Waals surface area (Å²) in [5, 5.41) is 3.50. The number of hydrogen-bond acceptors (Lipinski definition) is 3. The maximum Gasteiger partial charge on any atom is 0.224 e. The summed E-state index contributed by atoms with van der Waals surface area (Å²) in [5.41, 5.74) is 0.983. The first kappa shape index (κ1) is 17.3. The molecule has 0 atom stereocenters. The molecule has 1 amide bonds. The zero-order valence-electron chi connectivity index (χ0n) is 12.4. The Morgan fingerprint density at radius 2 is 1.87 bits per heavy atom. The number of benzene rings is 2. The van der Waals surface area contributed by atoms with Gasteiger partial charge in [0.15, 0.2) is 5.78 Å². The highest BCUT2D eigenvalue weighted by Crippen LogP contribution is 2.25. The molecule has 0 unspecified atom stereocenters. The Kier molecular flexibility index (Phi) is 6.02. The van der Waals surface area contributed by atoms with Crippen LogP contribution < -0.4 is 10.1 Å². The van der Waals surface area contributed by atoms with Crippen molar-refractivity contribution in [2.45, 2.75) is 12.8 Å². The third-order valence-electron chi connectivity index (χ3n) is 3.18. The quantitative estimate of drug-likeness (QED) is 0.773. The van der Waals surface area contributed by atoms with E-state index >= 15 is 0 Å². The van der Waals surface area contributed by atoms with Crippen LogP contribution in [0.25, 0.3) is 0 Å². The number of methoxy groups -OCH3 is 1. The Balaban J connectivity index is 1.92. The van der Waals surface area contributed by atoms with Gasteiger partial charge in [-0.1, -0.05) is 35.3 Å². The van der Waals surface area contributed by atoms with E-state index < -0.39 is 0 Å². The first-order valence-corrected chi connectivity index (χ1v) is 7.67. The fourth-order valence-corrected chi connectivity index (χ4v) is 2.43. The molecule has 0 saturated heterocycles. The molecule has 0 aromatic heterocycles. The van der Waals surface area contributed by atoms with Crippen LogP contribution in [0.2, 0.25) is 10.0 Å². The molecule has 23 heavy (non-hydrogen) atoms. The van der Waals surface area contributed by atoms with Crippen molar-refractivity contribution in [3.63, 3.8) is 0 Å². The van der Waals surface area contributed by atoms with Crippen LogP contribution in [-0.2, 0) is 4.79 Å². The molecule has 0 bridgehead atoms. The van der Waals surface area contributed by atoms with Crippen LogP contribution in [0.5, 0.6) is 5.75 Å². The second-order valence-electron chi connectivity index (χ2n) is 4.83. The number of halogens is 2. The number of anilines is 1. The first-order chi connectivity index (χ1) is 11.0. The van der Waals surface area contributed by atoms with E-state index in [-0.39, 0.29) is 24.5 Å². The molecule has 2 rings (SSSR count). The smallest absolute Gasteiger partial charge is 0.224 e. The Morgan fingerprint density at radius 1 is 1.09 bits per heavy atom. The van der Waals surface area contributed by atoms with Crippen molar-refractivity contribution in [1.29, 1.82) is 0 Å². The van der Waals surface area contributed by atoms with Crippen LogP contribution in [0.3, 0.4) is 0 Å². The fourth-order valence-electron chi connectivity index (χ4n) is 1.97. The second kappa shape index (κ2) is 7.99. The van der Waals surface area contributed by atoms with Crippen molar-refractivity contribution in [2.75, 3.05) is 12.4 Å². The molecule has 6 heteroatoms. The lowest BCUT2D eigenvalue weighted by atomic mass is 10.1. The highest BCUT2D eigenvalue weighted by molar-refractivity contribution is 6.36. The van der Waals surface area contributed by atoms with Crippen LogP contribution in [0, 0.1) is 0 Å². The maximum absolute atomic E-state index is 12.1. The highest BCUT2D eigenvalue weighted by Gasteiger charge is 2.11. The molecule has 120 valence electrons. The second-order valence-corrected chi connectivity index (χ2v) is 5.67. The van der Waals surface area contributed by atoms with Gasteiger partial charge in [-0.25, -0.2) is 0 Å². The number of rotatable bonds is 6. The summed E-state index contributed by atoms with van der Waals surface area (Å²) in [7, 11) is 1.53. The van der Waals surface area contributed by atoms with E-state index in [0.717, 1.165) is 0 Å². The number of carbonyl (C=O) groups is 2. The van der Waals surface area contributed by atoms with Gasteiger partial charge in [0, 0.05) is 23.4 Å². The van der Waals surface area contributed by atoms with Crippen molar-refractivity contribution in [3.8, 4) is 5.75 Å². The highest BCUT2D eigenvalue weighted by atomic mass is 35.5. The van der Waals surface area contributed by atoms with E-state index in [9.17, 15) is 9.59 Å². The van der Waals surface area contributed by atoms with E-state index in [0.29, 0.717) is 27.0 Å². The average Bonchev–Trinajstić information content (AvgIpc) is 2.55. The molecule has 0 aliphatic rings. The number of amides is 1. The van der Waals surface area contributed by atoms with Gasteiger partial charge in [-0.2, -0.15) is 0 Å². The molecule has 0 saturated carbocycles. The van der Waals surface area contributed by atoms with Crippen LogP contribution >= 0.6 is 23.2 Å². The number of hydrogen-bond donors (Lipinski definition) is 1. The topological polar surface area (TPSA) is 55.4 Å². The lowest BCUT2D eigenvalue weighted by molar-refractivity contribution is -0.116. The number of ketones is 1. The normalized spacial score (nSPS) is 10.2. The molecule has 1 N–H and O–H groups in total. The number of ether oxygens (including phenoxy) is 1. The van der Waals surface area contributed by atoms with Gasteiger partial charge >= 0.3 is 0 Å². The molecule has 0 aliphatic heterocycles. The molecule has 0 fully saturated rings. The predicted molar refractivity (Wildman–Crippen MR) is 91.7 cm³/mol. The molecular weight excluding hydrogens is 337 g/mol. The van der Waals surface area contributed by atoms with Crippen LogP contribution in [0.15, 0.2) is 42.5 Å². The molecular formula is C17H15Cl2NO3. The van der Waals surface area contributed by atoms with Crippen molar-refractivity contribution >= 4 is 40.6 Å². The van der Waals surface area contributed by atoms with E-state index in [1.54, 1.807) is 42.5 Å².